The van der Waals surface area contributed by atoms with Crippen LogP contribution < -0.4 is 5.32 Å². The van der Waals surface area contributed by atoms with E-state index in [4.69, 9.17) is 4.74 Å². The van der Waals surface area contributed by atoms with Gasteiger partial charge in [-0.25, -0.2) is 13.8 Å². The van der Waals surface area contributed by atoms with Crippen molar-refractivity contribution in [1.29, 1.82) is 0 Å². The molecule has 0 spiro atoms. The summed E-state index contributed by atoms with van der Waals surface area (Å²) in [7, 11) is 0. The molecule has 0 bridgehead atoms. The van der Waals surface area contributed by atoms with Gasteiger partial charge in [-0.2, -0.15) is 0 Å². The summed E-state index contributed by atoms with van der Waals surface area (Å²) < 4.78 is 28.9. The number of aromatic nitrogens is 1. The van der Waals surface area contributed by atoms with E-state index in [-0.39, 0.29) is 30.9 Å². The van der Waals surface area contributed by atoms with Gasteiger partial charge in [-0.15, -0.1) is 11.3 Å². The first-order chi connectivity index (χ1) is 14.0. The number of carbonyl (C=O) groups excluding carboxylic acids is 2. The molecule has 0 unspecified atom stereocenters. The summed E-state index contributed by atoms with van der Waals surface area (Å²) in [5.74, 6) is -0.820. The Balaban J connectivity index is 1.47. The maximum Gasteiger partial charge on any atom is 0.261 e. The van der Waals surface area contributed by atoms with Gasteiger partial charge in [-0.05, 0) is 12.8 Å². The minimum atomic E-state index is -2.60. The van der Waals surface area contributed by atoms with Gasteiger partial charge < -0.3 is 15.0 Å². The standard InChI is InChI=1S/C20H23F2N3O3S/c21-17(22)11-28-12-19(26)25-8-4-7-15(10-25)20(27)23-9-18-24-16(13-29-18)14-5-2-1-3-6-14/h1-3,5-6,13,15,17H,4,7-12H2,(H,23,27)/t15-/m0/s1. The van der Waals surface area contributed by atoms with Crippen molar-refractivity contribution in [2.24, 2.45) is 5.92 Å². The number of nitrogens with zero attached hydrogens (tertiary/aromatic N) is 2. The molecular formula is C20H23F2N3O3S. The van der Waals surface area contributed by atoms with Crippen molar-refractivity contribution in [1.82, 2.24) is 15.2 Å². The Hall–Kier alpha value is -2.39. The van der Waals surface area contributed by atoms with Gasteiger partial charge in [0.1, 0.15) is 18.2 Å². The number of benzene rings is 1. The lowest BCUT2D eigenvalue weighted by Crippen LogP contribution is -2.46. The van der Waals surface area contributed by atoms with E-state index < -0.39 is 13.0 Å². The molecule has 6 nitrogen and oxygen atoms in total. The molecule has 1 aromatic carbocycles. The van der Waals surface area contributed by atoms with Crippen molar-refractivity contribution < 1.29 is 23.1 Å². The highest BCUT2D eigenvalue weighted by atomic mass is 32.1. The normalized spacial score (nSPS) is 16.8. The van der Waals surface area contributed by atoms with Crippen LogP contribution in [0.15, 0.2) is 35.7 Å². The topological polar surface area (TPSA) is 71.5 Å². The second kappa shape index (κ2) is 10.4. The second-order valence-corrected chi connectivity index (χ2v) is 7.74. The molecule has 2 aromatic rings. The van der Waals surface area contributed by atoms with E-state index in [1.165, 1.54) is 16.2 Å². The van der Waals surface area contributed by atoms with E-state index in [9.17, 15) is 18.4 Å². The lowest BCUT2D eigenvalue weighted by molar-refractivity contribution is -0.140. The molecule has 1 N–H and O–H groups in total. The van der Waals surface area contributed by atoms with Crippen LogP contribution in [0.5, 0.6) is 0 Å². The fourth-order valence-corrected chi connectivity index (χ4v) is 3.93. The molecule has 1 saturated heterocycles. The molecule has 9 heteroatoms. The van der Waals surface area contributed by atoms with Gasteiger partial charge in [0.2, 0.25) is 11.8 Å². The molecule has 1 aliphatic heterocycles. The van der Waals surface area contributed by atoms with Gasteiger partial charge in [0.15, 0.2) is 0 Å². The molecule has 2 amide bonds. The third kappa shape index (κ3) is 6.30. The number of likely N-dealkylation sites (tertiary alicyclic amines) is 1. The average molecular weight is 423 g/mol. The summed E-state index contributed by atoms with van der Waals surface area (Å²) in [6.45, 7) is -0.0377. The number of hydrogen-bond acceptors (Lipinski definition) is 5. The number of nitrogens with one attached hydrogen (secondary N) is 1. The van der Waals surface area contributed by atoms with Crippen molar-refractivity contribution in [3.63, 3.8) is 0 Å². The Labute approximate surface area is 171 Å². The van der Waals surface area contributed by atoms with Crippen LogP contribution >= 0.6 is 11.3 Å². The van der Waals surface area contributed by atoms with Crippen molar-refractivity contribution in [2.45, 2.75) is 25.8 Å². The number of carbonyl (C=O) groups is 2. The van der Waals surface area contributed by atoms with Crippen LogP contribution in [0.25, 0.3) is 11.3 Å². The maximum absolute atomic E-state index is 12.5. The van der Waals surface area contributed by atoms with Crippen LogP contribution in [0.1, 0.15) is 17.8 Å². The van der Waals surface area contributed by atoms with Gasteiger partial charge in [0.25, 0.3) is 6.43 Å². The average Bonchev–Trinajstić information content (AvgIpc) is 3.21. The van der Waals surface area contributed by atoms with E-state index in [0.717, 1.165) is 16.3 Å². The number of piperidine rings is 1. The zero-order valence-corrected chi connectivity index (χ0v) is 16.7. The monoisotopic (exact) mass is 423 g/mol. The summed E-state index contributed by atoms with van der Waals surface area (Å²) in [6, 6.07) is 9.81. The Kier molecular flexibility index (Phi) is 7.65. The molecule has 1 fully saturated rings. The minimum Gasteiger partial charge on any atom is -0.366 e. The van der Waals surface area contributed by atoms with Crippen molar-refractivity contribution in [3.05, 3.63) is 40.7 Å². The quantitative estimate of drug-likeness (QED) is 0.709. The van der Waals surface area contributed by atoms with Gasteiger partial charge >= 0.3 is 0 Å². The van der Waals surface area contributed by atoms with Gasteiger partial charge in [0.05, 0.1) is 18.2 Å². The largest absolute Gasteiger partial charge is 0.366 e. The number of rotatable bonds is 8. The summed E-state index contributed by atoms with van der Waals surface area (Å²) >= 11 is 1.48. The molecule has 156 valence electrons. The predicted octanol–water partition coefficient (Wildman–Crippen LogP) is 2.95. The Morgan fingerprint density at radius 3 is 2.86 bits per heavy atom. The molecule has 29 heavy (non-hydrogen) atoms. The zero-order valence-electron chi connectivity index (χ0n) is 15.9. The predicted molar refractivity (Wildman–Crippen MR) is 106 cm³/mol. The Bertz CT molecular complexity index is 816. The smallest absolute Gasteiger partial charge is 0.261 e. The molecule has 1 atom stereocenters. The molecule has 1 aliphatic rings. The second-order valence-electron chi connectivity index (χ2n) is 6.80. The van der Waals surface area contributed by atoms with E-state index in [2.05, 4.69) is 10.3 Å². The SMILES string of the molecule is O=C(NCc1nc(-c2ccccc2)cs1)[C@H]1CCCN(C(=O)COCC(F)F)C1. The molecule has 0 saturated carbocycles. The van der Waals surface area contributed by atoms with Crippen LogP contribution in [-0.2, 0) is 20.9 Å². The van der Waals surface area contributed by atoms with Gasteiger partial charge in [-0.1, -0.05) is 30.3 Å². The first-order valence-electron chi connectivity index (χ1n) is 9.44. The number of thiazole rings is 1. The van der Waals surface area contributed by atoms with E-state index in [1.807, 2.05) is 35.7 Å². The number of amides is 2. The molecular weight excluding hydrogens is 400 g/mol. The Morgan fingerprint density at radius 2 is 2.10 bits per heavy atom. The van der Waals surface area contributed by atoms with Crippen LogP contribution in [-0.4, -0.2) is 54.4 Å². The highest BCUT2D eigenvalue weighted by Crippen LogP contribution is 2.22. The molecule has 2 heterocycles. The fourth-order valence-electron chi connectivity index (χ4n) is 3.18. The van der Waals surface area contributed by atoms with E-state index >= 15 is 0 Å². The van der Waals surface area contributed by atoms with Crippen LogP contribution in [0, 0.1) is 5.92 Å². The molecule has 0 aliphatic carbocycles. The first-order valence-corrected chi connectivity index (χ1v) is 10.3. The van der Waals surface area contributed by atoms with E-state index in [0.29, 0.717) is 25.9 Å². The lowest BCUT2D eigenvalue weighted by atomic mass is 9.97. The Morgan fingerprint density at radius 1 is 1.31 bits per heavy atom. The summed E-state index contributed by atoms with van der Waals surface area (Å²) in [4.78, 5) is 30.7. The number of ether oxygens (including phenoxy) is 1. The fraction of sp³-hybridized carbons (Fsp3) is 0.450. The first kappa shape index (κ1) is 21.3. The number of hydrogen-bond donors (Lipinski definition) is 1. The van der Waals surface area contributed by atoms with E-state index in [1.54, 1.807) is 0 Å². The van der Waals surface area contributed by atoms with Crippen LogP contribution in [0.4, 0.5) is 8.78 Å². The van der Waals surface area contributed by atoms with Gasteiger partial charge in [-0.3, -0.25) is 9.59 Å². The zero-order chi connectivity index (χ0) is 20.6. The third-order valence-corrected chi connectivity index (χ3v) is 5.50. The van der Waals surface area contributed by atoms with Crippen molar-refractivity contribution in [3.8, 4) is 11.3 Å². The molecule has 0 radical (unpaired) electrons. The van der Waals surface area contributed by atoms with Crippen LogP contribution in [0.3, 0.4) is 0 Å². The molecule has 3 rings (SSSR count). The van der Waals surface area contributed by atoms with Gasteiger partial charge in [0, 0.05) is 24.0 Å². The minimum absolute atomic E-state index is 0.132. The summed E-state index contributed by atoms with van der Waals surface area (Å²) in [5, 5.41) is 5.65. The molecule has 1 aromatic heterocycles. The maximum atomic E-state index is 12.5. The van der Waals surface area contributed by atoms with Crippen LogP contribution in [0.2, 0.25) is 0 Å². The highest BCUT2D eigenvalue weighted by Gasteiger charge is 2.28. The van der Waals surface area contributed by atoms with Crippen molar-refractivity contribution >= 4 is 23.2 Å². The van der Waals surface area contributed by atoms with Crippen molar-refractivity contribution in [2.75, 3.05) is 26.3 Å². The summed E-state index contributed by atoms with van der Waals surface area (Å²) in [5.41, 5.74) is 1.90. The highest BCUT2D eigenvalue weighted by molar-refractivity contribution is 7.09. The number of alkyl halides is 2. The number of halogens is 2. The summed E-state index contributed by atoms with van der Waals surface area (Å²) in [6.07, 6.45) is -1.23. The third-order valence-electron chi connectivity index (χ3n) is 4.65. The lowest BCUT2D eigenvalue weighted by Gasteiger charge is -2.32.